The zero-order chi connectivity index (χ0) is 22.7. The molecule has 0 spiro atoms. The highest BCUT2D eigenvalue weighted by molar-refractivity contribution is 5.92. The van der Waals surface area contributed by atoms with Crippen molar-refractivity contribution in [3.05, 3.63) is 0 Å². The summed E-state index contributed by atoms with van der Waals surface area (Å²) in [6.45, 7) is 11.1. The first-order chi connectivity index (χ1) is 13.8. The summed E-state index contributed by atoms with van der Waals surface area (Å²) < 4.78 is 5.44. The Bertz CT molecular complexity index is 634. The summed E-state index contributed by atoms with van der Waals surface area (Å²) in [4.78, 5) is 40.4. The maximum absolute atomic E-state index is 13.7. The quantitative estimate of drug-likeness (QED) is 0.681. The molecule has 2 N–H and O–H groups in total. The van der Waals surface area contributed by atoms with Crippen molar-refractivity contribution in [2.45, 2.75) is 110 Å². The summed E-state index contributed by atoms with van der Waals surface area (Å²) in [5.74, 6) is -0.345. The Labute approximate surface area is 180 Å². The SMILES string of the molecule is CC(=O)C1[C@@H](CC(C)O)CCN1C(=O)C(NC(=O)OC(C)(C)C)C1(C)CCCCC1. The number of aliphatic hydroxyl groups is 1. The molecule has 7 heteroatoms. The van der Waals surface area contributed by atoms with Crippen molar-refractivity contribution < 1.29 is 24.2 Å². The summed E-state index contributed by atoms with van der Waals surface area (Å²) >= 11 is 0. The Kier molecular flexibility index (Phi) is 7.94. The second kappa shape index (κ2) is 9.67. The van der Waals surface area contributed by atoms with Crippen LogP contribution < -0.4 is 5.32 Å². The smallest absolute Gasteiger partial charge is 0.408 e. The third-order valence-corrected chi connectivity index (χ3v) is 6.47. The number of nitrogens with one attached hydrogen (secondary N) is 1. The summed E-state index contributed by atoms with van der Waals surface area (Å²) in [5, 5.41) is 12.7. The van der Waals surface area contributed by atoms with Crippen LogP contribution in [0.1, 0.15) is 86.5 Å². The highest BCUT2D eigenvalue weighted by Gasteiger charge is 2.48. The van der Waals surface area contributed by atoms with Gasteiger partial charge in [0.15, 0.2) is 5.78 Å². The predicted octanol–water partition coefficient (Wildman–Crippen LogP) is 3.43. The number of rotatable bonds is 6. The van der Waals surface area contributed by atoms with Crippen molar-refractivity contribution >= 4 is 17.8 Å². The molecule has 0 aromatic carbocycles. The van der Waals surface area contributed by atoms with Crippen molar-refractivity contribution in [3.8, 4) is 0 Å². The topological polar surface area (TPSA) is 95.9 Å². The van der Waals surface area contributed by atoms with Crippen LogP contribution >= 0.6 is 0 Å². The number of aliphatic hydroxyl groups excluding tert-OH is 1. The summed E-state index contributed by atoms with van der Waals surface area (Å²) in [6, 6.07) is -1.29. The maximum Gasteiger partial charge on any atom is 0.408 e. The molecule has 1 aliphatic carbocycles. The number of nitrogens with zero attached hydrogens (tertiary/aromatic N) is 1. The number of alkyl carbamates (subject to hydrolysis) is 1. The molecule has 3 unspecified atom stereocenters. The first kappa shape index (κ1) is 24.6. The lowest BCUT2D eigenvalue weighted by atomic mass is 9.70. The van der Waals surface area contributed by atoms with Crippen molar-refractivity contribution in [3.63, 3.8) is 0 Å². The van der Waals surface area contributed by atoms with Gasteiger partial charge in [0.05, 0.1) is 12.1 Å². The van der Waals surface area contributed by atoms with E-state index < -0.39 is 29.9 Å². The van der Waals surface area contributed by atoms with Crippen LogP contribution in [0.2, 0.25) is 0 Å². The van der Waals surface area contributed by atoms with Crippen LogP contribution in [0, 0.1) is 11.3 Å². The molecule has 1 saturated heterocycles. The zero-order valence-corrected chi connectivity index (χ0v) is 19.5. The van der Waals surface area contributed by atoms with Gasteiger partial charge in [0.1, 0.15) is 11.6 Å². The van der Waals surface area contributed by atoms with Crippen molar-refractivity contribution in [1.29, 1.82) is 0 Å². The number of ether oxygens (including phenoxy) is 1. The van der Waals surface area contributed by atoms with Gasteiger partial charge in [-0.2, -0.15) is 0 Å². The Morgan fingerprint density at radius 2 is 1.80 bits per heavy atom. The molecule has 0 bridgehead atoms. The molecule has 1 heterocycles. The molecule has 4 atom stereocenters. The second-order valence-electron chi connectivity index (χ2n) is 10.5. The maximum atomic E-state index is 13.7. The van der Waals surface area contributed by atoms with Crippen LogP contribution in [0.4, 0.5) is 4.79 Å². The molecule has 0 aromatic rings. The van der Waals surface area contributed by atoms with E-state index in [1.807, 2.05) is 0 Å². The van der Waals surface area contributed by atoms with Gasteiger partial charge < -0.3 is 20.1 Å². The van der Waals surface area contributed by atoms with Crippen LogP contribution in [-0.2, 0) is 14.3 Å². The lowest BCUT2D eigenvalue weighted by Gasteiger charge is -2.42. The van der Waals surface area contributed by atoms with Crippen molar-refractivity contribution in [2.75, 3.05) is 6.54 Å². The van der Waals surface area contributed by atoms with Gasteiger partial charge in [0.25, 0.3) is 0 Å². The molecule has 2 aliphatic rings. The fourth-order valence-electron chi connectivity index (χ4n) is 5.11. The van der Waals surface area contributed by atoms with E-state index in [2.05, 4.69) is 12.2 Å². The number of hydrogen-bond acceptors (Lipinski definition) is 5. The van der Waals surface area contributed by atoms with Gasteiger partial charge in [0.2, 0.25) is 5.91 Å². The first-order valence-corrected chi connectivity index (χ1v) is 11.3. The normalized spacial score (nSPS) is 26.0. The predicted molar refractivity (Wildman–Crippen MR) is 115 cm³/mol. The van der Waals surface area contributed by atoms with Crippen LogP contribution in [0.5, 0.6) is 0 Å². The highest BCUT2D eigenvalue weighted by Crippen LogP contribution is 2.41. The van der Waals surface area contributed by atoms with E-state index in [-0.39, 0.29) is 23.0 Å². The highest BCUT2D eigenvalue weighted by atomic mass is 16.6. The molecule has 2 rings (SSSR count). The Balaban J connectivity index is 2.29. The number of Topliss-reactive ketones (excluding diaryl/α,β-unsaturated/α-hetero) is 1. The van der Waals surface area contributed by atoms with Gasteiger partial charge in [-0.1, -0.05) is 26.2 Å². The second-order valence-corrected chi connectivity index (χ2v) is 10.5. The number of carbonyl (C=O) groups excluding carboxylic acids is 3. The standard InChI is InChI=1S/C23H40N2O5/c1-15(26)14-17-10-13-25(18(17)16(2)27)20(28)19(23(6)11-8-7-9-12-23)24-21(29)30-22(3,4)5/h15,17-19,26H,7-14H2,1-6H3,(H,24,29)/t15?,17-,18?,19?/m1/s1. The largest absolute Gasteiger partial charge is 0.444 e. The lowest BCUT2D eigenvalue weighted by Crippen LogP contribution is -2.59. The van der Waals surface area contributed by atoms with Crippen LogP contribution in [0.3, 0.4) is 0 Å². The number of carbonyl (C=O) groups is 3. The minimum atomic E-state index is -0.736. The number of ketones is 1. The molecule has 172 valence electrons. The van der Waals surface area contributed by atoms with Crippen molar-refractivity contribution in [2.24, 2.45) is 11.3 Å². The Morgan fingerprint density at radius 1 is 1.20 bits per heavy atom. The molecular weight excluding hydrogens is 384 g/mol. The molecule has 30 heavy (non-hydrogen) atoms. The van der Waals surface area contributed by atoms with Gasteiger partial charge in [-0.3, -0.25) is 9.59 Å². The lowest BCUT2D eigenvalue weighted by molar-refractivity contribution is -0.143. The Morgan fingerprint density at radius 3 is 2.30 bits per heavy atom. The Hall–Kier alpha value is -1.63. The third kappa shape index (κ3) is 6.19. The molecule has 2 fully saturated rings. The van der Waals surface area contributed by atoms with E-state index in [1.165, 1.54) is 6.92 Å². The average Bonchev–Trinajstić information content (AvgIpc) is 3.01. The van der Waals surface area contributed by atoms with E-state index in [9.17, 15) is 19.5 Å². The van der Waals surface area contributed by atoms with Gasteiger partial charge in [0, 0.05) is 6.54 Å². The fourth-order valence-corrected chi connectivity index (χ4v) is 5.11. The molecule has 7 nitrogen and oxygen atoms in total. The molecular formula is C23H40N2O5. The van der Waals surface area contributed by atoms with Crippen molar-refractivity contribution in [1.82, 2.24) is 10.2 Å². The van der Waals surface area contributed by atoms with Crippen LogP contribution in [0.25, 0.3) is 0 Å². The van der Waals surface area contributed by atoms with E-state index in [0.717, 1.165) is 32.1 Å². The van der Waals surface area contributed by atoms with Crippen LogP contribution in [0.15, 0.2) is 0 Å². The fraction of sp³-hybridized carbons (Fsp3) is 0.870. The van der Waals surface area contributed by atoms with E-state index in [0.29, 0.717) is 19.4 Å². The summed E-state index contributed by atoms with van der Waals surface area (Å²) in [7, 11) is 0. The van der Waals surface area contributed by atoms with E-state index >= 15 is 0 Å². The molecule has 1 aliphatic heterocycles. The minimum absolute atomic E-state index is 0.0622. The molecule has 2 amide bonds. The minimum Gasteiger partial charge on any atom is -0.444 e. The monoisotopic (exact) mass is 424 g/mol. The summed E-state index contributed by atoms with van der Waals surface area (Å²) in [5.41, 5.74) is -1.04. The van der Waals surface area contributed by atoms with Gasteiger partial charge in [-0.25, -0.2) is 4.79 Å². The first-order valence-electron chi connectivity index (χ1n) is 11.3. The van der Waals surface area contributed by atoms with E-state index in [1.54, 1.807) is 32.6 Å². The molecule has 0 radical (unpaired) electrons. The molecule has 1 saturated carbocycles. The third-order valence-electron chi connectivity index (χ3n) is 6.47. The average molecular weight is 425 g/mol. The zero-order valence-electron chi connectivity index (χ0n) is 19.5. The van der Waals surface area contributed by atoms with Crippen LogP contribution in [-0.4, -0.2) is 58.1 Å². The van der Waals surface area contributed by atoms with Gasteiger partial charge >= 0.3 is 6.09 Å². The molecule has 0 aromatic heterocycles. The van der Waals surface area contributed by atoms with Gasteiger partial charge in [-0.05, 0) is 71.6 Å². The number of amides is 2. The number of likely N-dealkylation sites (tertiary alicyclic amines) is 1. The van der Waals surface area contributed by atoms with E-state index in [4.69, 9.17) is 4.74 Å². The summed E-state index contributed by atoms with van der Waals surface area (Å²) in [6.07, 6.45) is 4.86. The van der Waals surface area contributed by atoms with Gasteiger partial charge in [-0.15, -0.1) is 0 Å². The number of hydrogen-bond donors (Lipinski definition) is 2.